The van der Waals surface area contributed by atoms with Crippen LogP contribution in [0.5, 0.6) is 0 Å². The molecule has 1 aromatic heterocycles. The molecule has 0 N–H and O–H groups in total. The summed E-state index contributed by atoms with van der Waals surface area (Å²) in [6.07, 6.45) is 9.41. The second kappa shape index (κ2) is 3.30. The molecule has 0 bridgehead atoms. The van der Waals surface area contributed by atoms with Gasteiger partial charge in [-0.25, -0.2) is 0 Å². The van der Waals surface area contributed by atoms with E-state index in [1.54, 1.807) is 0 Å². The van der Waals surface area contributed by atoms with Crippen LogP contribution < -0.4 is 0 Å². The Kier molecular flexibility index (Phi) is 2.15. The summed E-state index contributed by atoms with van der Waals surface area (Å²) in [5, 5.41) is 4.31. The van der Waals surface area contributed by atoms with Gasteiger partial charge in [0.25, 0.3) is 0 Å². The van der Waals surface area contributed by atoms with Gasteiger partial charge in [-0.2, -0.15) is 5.10 Å². The van der Waals surface area contributed by atoms with E-state index in [1.807, 2.05) is 12.3 Å². The van der Waals surface area contributed by atoms with Gasteiger partial charge in [0.05, 0.1) is 6.04 Å². The summed E-state index contributed by atoms with van der Waals surface area (Å²) < 4.78 is 2.13. The van der Waals surface area contributed by atoms with Crippen molar-refractivity contribution < 1.29 is 0 Å². The highest BCUT2D eigenvalue weighted by Gasteiger charge is 2.22. The first-order valence-corrected chi connectivity index (χ1v) is 4.87. The zero-order valence-electron chi connectivity index (χ0n) is 7.61. The van der Waals surface area contributed by atoms with Crippen LogP contribution in [0.1, 0.15) is 38.6 Å². The fourth-order valence-electron chi connectivity index (χ4n) is 2.17. The second-order valence-corrected chi connectivity index (χ2v) is 3.82. The Balaban J connectivity index is 2.11. The zero-order valence-corrected chi connectivity index (χ0v) is 7.61. The van der Waals surface area contributed by atoms with Crippen molar-refractivity contribution in [3.8, 4) is 0 Å². The topological polar surface area (TPSA) is 17.8 Å². The highest BCUT2D eigenvalue weighted by Crippen LogP contribution is 2.32. The van der Waals surface area contributed by atoms with E-state index in [9.17, 15) is 0 Å². The maximum atomic E-state index is 4.31. The summed E-state index contributed by atoms with van der Waals surface area (Å²) in [5.41, 5.74) is 0. The molecule has 1 aliphatic carbocycles. The molecule has 0 aromatic carbocycles. The molecule has 0 radical (unpaired) electrons. The molecule has 2 atom stereocenters. The van der Waals surface area contributed by atoms with E-state index in [-0.39, 0.29) is 0 Å². The molecule has 1 saturated carbocycles. The van der Waals surface area contributed by atoms with Gasteiger partial charge in [-0.15, -0.1) is 0 Å². The Morgan fingerprint density at radius 1 is 1.33 bits per heavy atom. The van der Waals surface area contributed by atoms with Crippen molar-refractivity contribution in [2.45, 2.75) is 38.6 Å². The lowest BCUT2D eigenvalue weighted by atomic mass is 9.86. The van der Waals surface area contributed by atoms with Crippen LogP contribution in [0, 0.1) is 5.92 Å². The van der Waals surface area contributed by atoms with Crippen molar-refractivity contribution in [1.82, 2.24) is 9.78 Å². The highest BCUT2D eigenvalue weighted by molar-refractivity contribution is 4.85. The van der Waals surface area contributed by atoms with Crippen molar-refractivity contribution in [2.75, 3.05) is 0 Å². The first-order chi connectivity index (χ1) is 5.88. The lowest BCUT2D eigenvalue weighted by molar-refractivity contribution is 0.240. The Labute approximate surface area is 73.6 Å². The summed E-state index contributed by atoms with van der Waals surface area (Å²) in [5.74, 6) is 0.804. The lowest BCUT2D eigenvalue weighted by Gasteiger charge is -2.28. The van der Waals surface area contributed by atoms with Crippen LogP contribution in [-0.2, 0) is 0 Å². The van der Waals surface area contributed by atoms with Gasteiger partial charge in [-0.3, -0.25) is 4.68 Å². The van der Waals surface area contributed by atoms with Crippen LogP contribution in [-0.4, -0.2) is 9.78 Å². The molecule has 0 aliphatic heterocycles. The van der Waals surface area contributed by atoms with Crippen LogP contribution in [0.3, 0.4) is 0 Å². The van der Waals surface area contributed by atoms with Crippen LogP contribution in [0.25, 0.3) is 0 Å². The van der Waals surface area contributed by atoms with Crippen molar-refractivity contribution in [3.63, 3.8) is 0 Å². The number of hydrogen-bond donors (Lipinski definition) is 0. The first kappa shape index (κ1) is 7.84. The average molecular weight is 164 g/mol. The maximum absolute atomic E-state index is 4.31. The molecule has 1 aromatic rings. The van der Waals surface area contributed by atoms with Gasteiger partial charge in [0.1, 0.15) is 0 Å². The highest BCUT2D eigenvalue weighted by atomic mass is 15.3. The third kappa shape index (κ3) is 1.38. The van der Waals surface area contributed by atoms with Crippen molar-refractivity contribution >= 4 is 0 Å². The maximum Gasteiger partial charge on any atom is 0.0544 e. The minimum absolute atomic E-state index is 0.661. The fraction of sp³-hybridized carbons (Fsp3) is 0.700. The molecule has 1 fully saturated rings. The first-order valence-electron chi connectivity index (χ1n) is 4.87. The van der Waals surface area contributed by atoms with Gasteiger partial charge in [-0.05, 0) is 24.8 Å². The monoisotopic (exact) mass is 164 g/mol. The zero-order chi connectivity index (χ0) is 8.39. The number of hydrogen-bond acceptors (Lipinski definition) is 1. The molecule has 0 amide bonds. The predicted octanol–water partition coefficient (Wildman–Crippen LogP) is 2.63. The molecule has 12 heavy (non-hydrogen) atoms. The van der Waals surface area contributed by atoms with Crippen LogP contribution >= 0.6 is 0 Å². The molecule has 2 heteroatoms. The largest absolute Gasteiger partial charge is 0.269 e. The molecular weight excluding hydrogens is 148 g/mol. The summed E-state index contributed by atoms with van der Waals surface area (Å²) in [6, 6.07) is 2.68. The second-order valence-electron chi connectivity index (χ2n) is 3.82. The van der Waals surface area contributed by atoms with Gasteiger partial charge >= 0.3 is 0 Å². The molecular formula is C10H16N2. The molecule has 0 unspecified atom stereocenters. The summed E-state index contributed by atoms with van der Waals surface area (Å²) in [4.78, 5) is 0. The Morgan fingerprint density at radius 2 is 2.17 bits per heavy atom. The lowest BCUT2D eigenvalue weighted by Crippen LogP contribution is -2.21. The van der Waals surface area contributed by atoms with Crippen molar-refractivity contribution in [3.05, 3.63) is 18.5 Å². The molecule has 0 spiro atoms. The van der Waals surface area contributed by atoms with Crippen LogP contribution in [0.15, 0.2) is 18.5 Å². The number of nitrogens with zero attached hydrogens (tertiary/aromatic N) is 2. The van der Waals surface area contributed by atoms with E-state index in [0.29, 0.717) is 6.04 Å². The quantitative estimate of drug-likeness (QED) is 0.624. The SMILES string of the molecule is C[C@@H]1CCCC[C@H]1n1cccn1. The van der Waals surface area contributed by atoms with E-state index >= 15 is 0 Å². The number of aromatic nitrogens is 2. The third-order valence-electron chi connectivity index (χ3n) is 2.93. The van der Waals surface area contributed by atoms with E-state index in [2.05, 4.69) is 22.9 Å². The Morgan fingerprint density at radius 3 is 2.83 bits per heavy atom. The summed E-state index contributed by atoms with van der Waals surface area (Å²) in [6.45, 7) is 2.34. The van der Waals surface area contributed by atoms with Gasteiger partial charge in [-0.1, -0.05) is 19.8 Å². The van der Waals surface area contributed by atoms with Gasteiger partial charge in [0.2, 0.25) is 0 Å². The van der Waals surface area contributed by atoms with Crippen molar-refractivity contribution in [1.29, 1.82) is 0 Å². The molecule has 66 valence electrons. The van der Waals surface area contributed by atoms with Gasteiger partial charge in [0, 0.05) is 12.4 Å². The smallest absolute Gasteiger partial charge is 0.0544 e. The Bertz CT molecular complexity index is 228. The van der Waals surface area contributed by atoms with Crippen LogP contribution in [0.2, 0.25) is 0 Å². The molecule has 0 saturated heterocycles. The molecule has 2 nitrogen and oxygen atoms in total. The van der Waals surface area contributed by atoms with E-state index in [4.69, 9.17) is 0 Å². The summed E-state index contributed by atoms with van der Waals surface area (Å²) in [7, 11) is 0. The van der Waals surface area contributed by atoms with Crippen LogP contribution in [0.4, 0.5) is 0 Å². The van der Waals surface area contributed by atoms with Gasteiger partial charge in [0.15, 0.2) is 0 Å². The van der Waals surface area contributed by atoms with Gasteiger partial charge < -0.3 is 0 Å². The fourth-order valence-corrected chi connectivity index (χ4v) is 2.17. The third-order valence-corrected chi connectivity index (χ3v) is 2.93. The average Bonchev–Trinajstić information content (AvgIpc) is 2.57. The summed E-state index contributed by atoms with van der Waals surface area (Å²) >= 11 is 0. The normalized spacial score (nSPS) is 30.4. The van der Waals surface area contributed by atoms with E-state index in [1.165, 1.54) is 25.7 Å². The number of rotatable bonds is 1. The van der Waals surface area contributed by atoms with E-state index in [0.717, 1.165) is 5.92 Å². The van der Waals surface area contributed by atoms with E-state index < -0.39 is 0 Å². The molecule has 1 aliphatic rings. The minimum atomic E-state index is 0.661. The molecule has 1 heterocycles. The molecule has 2 rings (SSSR count). The predicted molar refractivity (Wildman–Crippen MR) is 48.9 cm³/mol. The minimum Gasteiger partial charge on any atom is -0.269 e. The standard InChI is InChI=1S/C10H16N2/c1-9-5-2-3-6-10(9)12-8-4-7-11-12/h4,7-10H,2-3,5-6H2,1H3/t9-,10-/m1/s1. The van der Waals surface area contributed by atoms with Crippen molar-refractivity contribution in [2.24, 2.45) is 5.92 Å². The Hall–Kier alpha value is -0.790.